The maximum Gasteiger partial charge on any atom is 0.325 e. The monoisotopic (exact) mass is 350 g/mol. The van der Waals surface area contributed by atoms with Crippen molar-refractivity contribution in [1.82, 2.24) is 10.2 Å². The molecule has 2 aliphatic rings. The van der Waals surface area contributed by atoms with Crippen molar-refractivity contribution in [1.29, 1.82) is 0 Å². The van der Waals surface area contributed by atoms with E-state index in [2.05, 4.69) is 28.2 Å². The summed E-state index contributed by atoms with van der Waals surface area (Å²) in [5, 5.41) is 2.98. The van der Waals surface area contributed by atoms with Gasteiger partial charge in [-0.1, -0.05) is 47.8 Å². The van der Waals surface area contributed by atoms with Gasteiger partial charge in [-0.3, -0.25) is 9.69 Å². The van der Waals surface area contributed by atoms with Crippen LogP contribution in [0, 0.1) is 5.92 Å². The molecule has 1 aliphatic heterocycles. The van der Waals surface area contributed by atoms with E-state index in [1.807, 2.05) is 24.3 Å². The Balaban J connectivity index is 1.82. The molecule has 1 saturated heterocycles. The van der Waals surface area contributed by atoms with Crippen LogP contribution in [0.1, 0.15) is 38.2 Å². The van der Waals surface area contributed by atoms with Gasteiger partial charge in [0.2, 0.25) is 0 Å². The summed E-state index contributed by atoms with van der Waals surface area (Å²) in [5.41, 5.74) is 0.298. The molecule has 1 aliphatic carbocycles. The van der Waals surface area contributed by atoms with E-state index in [1.165, 1.54) is 4.90 Å². The molecule has 3 rings (SSSR count). The third-order valence-electron chi connectivity index (χ3n) is 4.76. The molecule has 2 fully saturated rings. The molecule has 1 aromatic rings. The molecule has 3 amide bonds. The van der Waals surface area contributed by atoms with Crippen LogP contribution in [0.25, 0.3) is 0 Å². The highest BCUT2D eigenvalue weighted by molar-refractivity contribution is 9.10. The molecular weight excluding hydrogens is 332 g/mol. The Kier molecular flexibility index (Phi) is 3.78. The highest BCUT2D eigenvalue weighted by Crippen LogP contribution is 2.38. The molecule has 0 aromatic heterocycles. The van der Waals surface area contributed by atoms with E-state index in [-0.39, 0.29) is 17.9 Å². The molecule has 1 heterocycles. The van der Waals surface area contributed by atoms with E-state index in [0.29, 0.717) is 6.54 Å². The predicted molar refractivity (Wildman–Crippen MR) is 83.6 cm³/mol. The zero-order valence-electron chi connectivity index (χ0n) is 12.1. The number of hydrogen-bond acceptors (Lipinski definition) is 2. The van der Waals surface area contributed by atoms with Gasteiger partial charge in [0.05, 0.1) is 6.54 Å². The van der Waals surface area contributed by atoms with Gasteiger partial charge in [0, 0.05) is 4.47 Å². The molecule has 0 radical (unpaired) electrons. The van der Waals surface area contributed by atoms with Gasteiger partial charge in [0.1, 0.15) is 5.54 Å². The fourth-order valence-electron chi connectivity index (χ4n) is 3.41. The minimum atomic E-state index is -0.662. The number of nitrogens with one attached hydrogen (secondary N) is 1. The van der Waals surface area contributed by atoms with E-state index in [9.17, 15) is 9.59 Å². The van der Waals surface area contributed by atoms with Crippen LogP contribution < -0.4 is 5.32 Å². The summed E-state index contributed by atoms with van der Waals surface area (Å²) < 4.78 is 0.987. The molecule has 1 saturated carbocycles. The van der Waals surface area contributed by atoms with Crippen molar-refractivity contribution in [2.45, 2.75) is 44.7 Å². The summed E-state index contributed by atoms with van der Waals surface area (Å²) in [6, 6.07) is 7.45. The lowest BCUT2D eigenvalue weighted by Gasteiger charge is -2.36. The topological polar surface area (TPSA) is 49.4 Å². The van der Waals surface area contributed by atoms with Crippen LogP contribution in [0.2, 0.25) is 0 Å². The first-order chi connectivity index (χ1) is 10.0. The number of urea groups is 1. The summed E-state index contributed by atoms with van der Waals surface area (Å²) in [5.74, 6) is 0.153. The van der Waals surface area contributed by atoms with Crippen LogP contribution in [0.3, 0.4) is 0 Å². The fourth-order valence-corrected chi connectivity index (χ4v) is 3.68. The van der Waals surface area contributed by atoms with Crippen molar-refractivity contribution >= 4 is 27.9 Å². The lowest BCUT2D eigenvalue weighted by atomic mass is 9.73. The Morgan fingerprint density at radius 2 is 2.00 bits per heavy atom. The van der Waals surface area contributed by atoms with E-state index < -0.39 is 5.54 Å². The average Bonchev–Trinajstić information content (AvgIpc) is 2.70. The second-order valence-corrected chi connectivity index (χ2v) is 6.98. The molecular formula is C16H19BrN2O2. The number of halogens is 1. The van der Waals surface area contributed by atoms with Crippen LogP contribution >= 0.6 is 15.9 Å². The lowest BCUT2D eigenvalue weighted by Crippen LogP contribution is -2.53. The van der Waals surface area contributed by atoms with Gasteiger partial charge in [0.25, 0.3) is 5.91 Å². The van der Waals surface area contributed by atoms with Crippen molar-refractivity contribution in [3.63, 3.8) is 0 Å². The molecule has 1 spiro atoms. The van der Waals surface area contributed by atoms with Crippen molar-refractivity contribution in [3.05, 3.63) is 34.3 Å². The van der Waals surface area contributed by atoms with Crippen molar-refractivity contribution in [2.24, 2.45) is 5.92 Å². The number of carbonyl (C=O) groups is 2. The number of amides is 3. The summed E-state index contributed by atoms with van der Waals surface area (Å²) in [4.78, 5) is 26.4. The first-order valence-electron chi connectivity index (χ1n) is 7.41. The van der Waals surface area contributed by atoms with Crippen LogP contribution in [0.5, 0.6) is 0 Å². The van der Waals surface area contributed by atoms with Crippen molar-refractivity contribution in [3.8, 4) is 0 Å². The molecule has 2 unspecified atom stereocenters. The number of carbonyl (C=O) groups excluding carboxylic acids is 2. The van der Waals surface area contributed by atoms with Crippen molar-refractivity contribution in [2.75, 3.05) is 0 Å². The molecule has 4 nitrogen and oxygen atoms in total. The van der Waals surface area contributed by atoms with Gasteiger partial charge in [-0.15, -0.1) is 0 Å². The molecule has 5 heteroatoms. The van der Waals surface area contributed by atoms with E-state index in [0.717, 1.165) is 35.7 Å². The minimum absolute atomic E-state index is 0.0531. The number of benzene rings is 1. The fraction of sp³-hybridized carbons (Fsp3) is 0.500. The normalized spacial score (nSPS) is 29.0. The van der Waals surface area contributed by atoms with Gasteiger partial charge in [-0.05, 0) is 36.5 Å². The summed E-state index contributed by atoms with van der Waals surface area (Å²) in [6.07, 6.45) is 3.90. The average molecular weight is 351 g/mol. The Morgan fingerprint density at radius 1 is 1.29 bits per heavy atom. The second kappa shape index (κ2) is 5.44. The van der Waals surface area contributed by atoms with E-state index in [4.69, 9.17) is 0 Å². The van der Waals surface area contributed by atoms with Gasteiger partial charge >= 0.3 is 6.03 Å². The van der Waals surface area contributed by atoms with Crippen LogP contribution in [-0.2, 0) is 11.3 Å². The summed E-state index contributed by atoms with van der Waals surface area (Å²) in [6.45, 7) is 2.41. The highest BCUT2D eigenvalue weighted by Gasteiger charge is 2.54. The van der Waals surface area contributed by atoms with Crippen LogP contribution in [0.15, 0.2) is 28.7 Å². The number of imide groups is 1. The Hall–Kier alpha value is -1.36. The Morgan fingerprint density at radius 3 is 2.67 bits per heavy atom. The quantitative estimate of drug-likeness (QED) is 0.830. The standard InChI is InChI=1S/C16H19BrN2O2/c1-11-4-2-3-9-16(11)14(20)19(15(21)18-16)10-12-5-7-13(17)8-6-12/h5-8,11H,2-4,9-10H2,1H3,(H,18,21). The first kappa shape index (κ1) is 14.6. The Bertz CT molecular complexity index is 572. The lowest BCUT2D eigenvalue weighted by molar-refractivity contribution is -0.134. The van der Waals surface area contributed by atoms with Gasteiger partial charge in [0.15, 0.2) is 0 Å². The number of rotatable bonds is 2. The Labute approximate surface area is 133 Å². The molecule has 1 aromatic carbocycles. The zero-order valence-corrected chi connectivity index (χ0v) is 13.6. The van der Waals surface area contributed by atoms with Gasteiger partial charge in [-0.25, -0.2) is 4.79 Å². The summed E-state index contributed by atoms with van der Waals surface area (Å²) >= 11 is 3.39. The molecule has 0 bridgehead atoms. The van der Waals surface area contributed by atoms with Crippen molar-refractivity contribution < 1.29 is 9.59 Å². The molecule has 2 atom stereocenters. The first-order valence-corrected chi connectivity index (χ1v) is 8.21. The maximum atomic E-state index is 12.8. The van der Waals surface area contributed by atoms with E-state index in [1.54, 1.807) is 0 Å². The zero-order chi connectivity index (χ0) is 15.0. The minimum Gasteiger partial charge on any atom is -0.323 e. The van der Waals surface area contributed by atoms with Gasteiger partial charge < -0.3 is 5.32 Å². The maximum absolute atomic E-state index is 12.8. The molecule has 21 heavy (non-hydrogen) atoms. The SMILES string of the molecule is CC1CCCCC12NC(=O)N(Cc1ccc(Br)cc1)C2=O. The summed E-state index contributed by atoms with van der Waals surface area (Å²) in [7, 11) is 0. The second-order valence-electron chi connectivity index (χ2n) is 6.07. The number of nitrogens with zero attached hydrogens (tertiary/aromatic N) is 1. The predicted octanol–water partition coefficient (Wildman–Crippen LogP) is 3.45. The smallest absolute Gasteiger partial charge is 0.323 e. The molecule has 112 valence electrons. The van der Waals surface area contributed by atoms with Crippen LogP contribution in [0.4, 0.5) is 4.79 Å². The van der Waals surface area contributed by atoms with E-state index >= 15 is 0 Å². The third kappa shape index (κ3) is 2.48. The van der Waals surface area contributed by atoms with Gasteiger partial charge in [-0.2, -0.15) is 0 Å². The highest BCUT2D eigenvalue weighted by atomic mass is 79.9. The largest absolute Gasteiger partial charge is 0.325 e. The molecule has 1 N–H and O–H groups in total. The third-order valence-corrected chi connectivity index (χ3v) is 5.28. The van der Waals surface area contributed by atoms with Crippen LogP contribution in [-0.4, -0.2) is 22.4 Å². The number of hydrogen-bond donors (Lipinski definition) is 1.